The number of nitrogens with zero attached hydrogens (tertiary/aromatic N) is 3. The Kier molecular flexibility index (Phi) is 15.4. The van der Waals surface area contributed by atoms with E-state index in [0.29, 0.717) is 13.2 Å². The van der Waals surface area contributed by atoms with Crippen LogP contribution in [0.25, 0.3) is 21.8 Å². The monoisotopic (exact) mass is 517 g/mol. The van der Waals surface area contributed by atoms with Gasteiger partial charge in [0.05, 0.1) is 11.0 Å². The fraction of sp³-hybridized carbons (Fsp3) is 0.480. The molecule has 3 rings (SSSR count). The zero-order valence-corrected chi connectivity index (χ0v) is 22.5. The number of fused-ring (bicyclic) bond motifs is 2. The van der Waals surface area contributed by atoms with Gasteiger partial charge in [0.25, 0.3) is 0 Å². The third kappa shape index (κ3) is 8.99. The van der Waals surface area contributed by atoms with Crippen molar-refractivity contribution in [2.75, 3.05) is 52.5 Å². The van der Waals surface area contributed by atoms with E-state index < -0.39 is 0 Å². The Morgan fingerprint density at radius 2 is 1.00 bits per heavy atom. The average molecular weight is 519 g/mol. The fourth-order valence-corrected chi connectivity index (χ4v) is 3.63. The van der Waals surface area contributed by atoms with Crippen molar-refractivity contribution in [3.05, 3.63) is 42.5 Å². The average Bonchev–Trinajstić information content (AvgIpc) is 2.78. The number of halogens is 3. The Bertz CT molecular complexity index is 878. The zero-order chi connectivity index (χ0) is 21.3. The number of hydrogen-bond donors (Lipinski definition) is 0. The molecule has 2 aromatic carbocycles. The maximum atomic E-state index is 5.97. The van der Waals surface area contributed by atoms with Crippen LogP contribution in [0, 0.1) is 0 Å². The highest BCUT2D eigenvalue weighted by atomic mass is 35.5. The lowest BCUT2D eigenvalue weighted by atomic mass is 10.1. The molecular weight excluding hydrogens is 481 g/mol. The molecule has 0 aliphatic rings. The van der Waals surface area contributed by atoms with E-state index in [1.807, 2.05) is 24.3 Å². The van der Waals surface area contributed by atoms with E-state index >= 15 is 0 Å². The second-order valence-electron chi connectivity index (χ2n) is 7.45. The van der Waals surface area contributed by atoms with Crippen LogP contribution in [-0.2, 0) is 0 Å². The van der Waals surface area contributed by atoms with Crippen LogP contribution in [0.3, 0.4) is 0 Å². The van der Waals surface area contributed by atoms with Gasteiger partial charge in [-0.05, 0) is 56.5 Å². The van der Waals surface area contributed by atoms with Gasteiger partial charge in [-0.3, -0.25) is 0 Å². The van der Waals surface area contributed by atoms with Gasteiger partial charge >= 0.3 is 0 Å². The Labute approximate surface area is 217 Å². The molecule has 0 radical (unpaired) electrons. The number of pyridine rings is 1. The molecular formula is C25H38Cl3N3O2. The zero-order valence-electron chi connectivity index (χ0n) is 20.1. The summed E-state index contributed by atoms with van der Waals surface area (Å²) in [4.78, 5) is 9.58. The molecule has 0 fully saturated rings. The molecule has 1 heterocycles. The highest BCUT2D eigenvalue weighted by Gasteiger charge is 2.06. The predicted octanol–water partition coefficient (Wildman–Crippen LogP) is 6.09. The van der Waals surface area contributed by atoms with Gasteiger partial charge in [-0.1, -0.05) is 27.7 Å². The summed E-state index contributed by atoms with van der Waals surface area (Å²) in [6.07, 6.45) is 0. The van der Waals surface area contributed by atoms with E-state index in [0.717, 1.165) is 72.6 Å². The Morgan fingerprint density at radius 3 is 1.36 bits per heavy atom. The normalized spacial score (nSPS) is 10.6. The SMILES string of the molecule is CCN(CC)CCOc1ccc2cc3ccc(OCCN(CC)CC)cc3nc2c1.Cl.Cl.Cl. The van der Waals surface area contributed by atoms with Gasteiger partial charge in [0.2, 0.25) is 0 Å². The summed E-state index contributed by atoms with van der Waals surface area (Å²) in [7, 11) is 0. The molecule has 8 heteroatoms. The summed E-state index contributed by atoms with van der Waals surface area (Å²) in [5.74, 6) is 1.74. The first-order chi connectivity index (χ1) is 14.7. The summed E-state index contributed by atoms with van der Waals surface area (Å²) >= 11 is 0. The van der Waals surface area contributed by atoms with Crippen molar-refractivity contribution < 1.29 is 9.47 Å². The van der Waals surface area contributed by atoms with E-state index in [1.54, 1.807) is 0 Å². The predicted molar refractivity (Wildman–Crippen MR) is 148 cm³/mol. The van der Waals surface area contributed by atoms with Crippen molar-refractivity contribution in [3.63, 3.8) is 0 Å². The summed E-state index contributed by atoms with van der Waals surface area (Å²) in [5, 5.41) is 2.24. The van der Waals surface area contributed by atoms with Gasteiger partial charge in [0.1, 0.15) is 24.7 Å². The van der Waals surface area contributed by atoms with Crippen molar-refractivity contribution in [3.8, 4) is 11.5 Å². The highest BCUT2D eigenvalue weighted by molar-refractivity contribution is 5.93. The first-order valence-corrected chi connectivity index (χ1v) is 11.2. The van der Waals surface area contributed by atoms with E-state index in [9.17, 15) is 0 Å². The molecule has 0 aliphatic heterocycles. The third-order valence-electron chi connectivity index (χ3n) is 5.70. The molecule has 3 aromatic rings. The lowest BCUT2D eigenvalue weighted by Crippen LogP contribution is -2.27. The molecule has 0 aliphatic carbocycles. The van der Waals surface area contributed by atoms with Crippen molar-refractivity contribution in [1.82, 2.24) is 14.8 Å². The number of ether oxygens (including phenoxy) is 2. The molecule has 0 spiro atoms. The number of benzene rings is 2. The standard InChI is InChI=1S/C25H35N3O2.3ClH/c1-5-27(6-2)13-15-29-22-11-9-20-17-21-10-12-23(19-25(21)26-24(20)18-22)30-16-14-28(7-3)8-4;;;/h9-12,17-19H,5-8,13-16H2,1-4H3;3*1H. The van der Waals surface area contributed by atoms with Gasteiger partial charge in [0, 0.05) is 36.0 Å². The Morgan fingerprint density at radius 1 is 0.606 bits per heavy atom. The van der Waals surface area contributed by atoms with E-state index in [1.165, 1.54) is 0 Å². The van der Waals surface area contributed by atoms with Crippen LogP contribution in [0.15, 0.2) is 42.5 Å². The van der Waals surface area contributed by atoms with Crippen LogP contribution in [0.2, 0.25) is 0 Å². The van der Waals surface area contributed by atoms with Crippen molar-refractivity contribution in [2.45, 2.75) is 27.7 Å². The van der Waals surface area contributed by atoms with Gasteiger partial charge in [-0.25, -0.2) is 4.98 Å². The summed E-state index contributed by atoms with van der Waals surface area (Å²) in [6.45, 7) is 16.1. The lowest BCUT2D eigenvalue weighted by molar-refractivity contribution is 0.223. The van der Waals surface area contributed by atoms with Crippen LogP contribution in [0.4, 0.5) is 0 Å². The fourth-order valence-electron chi connectivity index (χ4n) is 3.63. The molecule has 5 nitrogen and oxygen atoms in total. The quantitative estimate of drug-likeness (QED) is 0.271. The number of hydrogen-bond acceptors (Lipinski definition) is 5. The third-order valence-corrected chi connectivity index (χ3v) is 5.70. The highest BCUT2D eigenvalue weighted by Crippen LogP contribution is 2.26. The lowest BCUT2D eigenvalue weighted by Gasteiger charge is -2.18. The number of likely N-dealkylation sites (N-methyl/N-ethyl adjacent to an activating group) is 2. The molecule has 0 bridgehead atoms. The van der Waals surface area contributed by atoms with Crippen molar-refractivity contribution >= 4 is 59.0 Å². The second kappa shape index (κ2) is 16.2. The molecule has 1 aromatic heterocycles. The molecule has 33 heavy (non-hydrogen) atoms. The molecule has 0 atom stereocenters. The minimum atomic E-state index is 0. The van der Waals surface area contributed by atoms with Gasteiger partial charge in [0.15, 0.2) is 0 Å². The first-order valence-electron chi connectivity index (χ1n) is 11.2. The smallest absolute Gasteiger partial charge is 0.121 e. The van der Waals surface area contributed by atoms with Crippen LogP contribution in [0.5, 0.6) is 11.5 Å². The minimum Gasteiger partial charge on any atom is -0.492 e. The number of aromatic nitrogens is 1. The summed E-state index contributed by atoms with van der Waals surface area (Å²) < 4.78 is 11.9. The largest absolute Gasteiger partial charge is 0.492 e. The van der Waals surface area contributed by atoms with Gasteiger partial charge in [-0.15, -0.1) is 37.2 Å². The van der Waals surface area contributed by atoms with Gasteiger partial charge in [-0.2, -0.15) is 0 Å². The Balaban J connectivity index is 0.00000341. The van der Waals surface area contributed by atoms with E-state index in [-0.39, 0.29) is 37.2 Å². The second-order valence-corrected chi connectivity index (χ2v) is 7.45. The molecule has 0 N–H and O–H groups in total. The molecule has 0 amide bonds. The van der Waals surface area contributed by atoms with Crippen LogP contribution < -0.4 is 9.47 Å². The minimum absolute atomic E-state index is 0. The van der Waals surface area contributed by atoms with E-state index in [4.69, 9.17) is 14.5 Å². The molecule has 0 unspecified atom stereocenters. The maximum absolute atomic E-state index is 5.97. The van der Waals surface area contributed by atoms with Crippen LogP contribution in [0.1, 0.15) is 27.7 Å². The first kappa shape index (κ1) is 31.5. The number of rotatable bonds is 12. The van der Waals surface area contributed by atoms with E-state index in [2.05, 4.69) is 55.7 Å². The van der Waals surface area contributed by atoms with Crippen LogP contribution >= 0.6 is 37.2 Å². The van der Waals surface area contributed by atoms with Gasteiger partial charge < -0.3 is 19.3 Å². The topological polar surface area (TPSA) is 37.8 Å². The Hall–Kier alpha value is -1.50. The molecule has 0 saturated heterocycles. The molecule has 186 valence electrons. The van der Waals surface area contributed by atoms with Crippen molar-refractivity contribution in [2.24, 2.45) is 0 Å². The summed E-state index contributed by atoms with van der Waals surface area (Å²) in [6, 6.07) is 14.5. The van der Waals surface area contributed by atoms with Crippen LogP contribution in [-0.4, -0.2) is 67.3 Å². The summed E-state index contributed by atoms with van der Waals surface area (Å²) in [5.41, 5.74) is 1.89. The maximum Gasteiger partial charge on any atom is 0.121 e. The molecule has 0 saturated carbocycles. The van der Waals surface area contributed by atoms with Crippen molar-refractivity contribution in [1.29, 1.82) is 0 Å².